The third kappa shape index (κ3) is 3.47. The first kappa shape index (κ1) is 20.6. The summed E-state index contributed by atoms with van der Waals surface area (Å²) < 4.78 is 73.6. The van der Waals surface area contributed by atoms with Crippen molar-refractivity contribution in [3.05, 3.63) is 95.3 Å². The first-order valence-corrected chi connectivity index (χ1v) is 9.56. The van der Waals surface area contributed by atoms with Crippen LogP contribution in [0.4, 0.5) is 27.6 Å². The number of nitrogens with one attached hydrogen (secondary N) is 1. The number of rotatable bonds is 3. The Bertz CT molecular complexity index is 1550. The standard InChI is InChI=1S/C24H11F5N2O2/c25-18-17(19(26)21(28)22(29)20(18)27)23(32)30-14-7-8-16-15(10-14)31-24(33-16)13-6-5-11-3-1-2-4-12(11)9-13/h1-10H,(H,30,32). The smallest absolute Gasteiger partial charge is 0.261 e. The molecule has 0 unspecified atom stereocenters. The van der Waals surface area contributed by atoms with Crippen LogP contribution in [-0.4, -0.2) is 10.9 Å². The average Bonchev–Trinajstić information content (AvgIpc) is 3.25. The molecule has 33 heavy (non-hydrogen) atoms. The fourth-order valence-corrected chi connectivity index (χ4v) is 3.45. The lowest BCUT2D eigenvalue weighted by Gasteiger charge is -2.09. The monoisotopic (exact) mass is 454 g/mol. The minimum atomic E-state index is -2.34. The molecule has 0 aliphatic carbocycles. The van der Waals surface area contributed by atoms with Gasteiger partial charge in [-0.15, -0.1) is 0 Å². The molecule has 1 aromatic heterocycles. The summed E-state index contributed by atoms with van der Waals surface area (Å²) in [4.78, 5) is 16.6. The van der Waals surface area contributed by atoms with Crippen LogP contribution in [0.15, 0.2) is 65.1 Å². The summed E-state index contributed by atoms with van der Waals surface area (Å²) in [6.45, 7) is 0. The SMILES string of the molecule is O=C(Nc1ccc2oc(-c3ccc4ccccc4c3)nc2c1)c1c(F)c(F)c(F)c(F)c1F. The number of oxazole rings is 1. The van der Waals surface area contributed by atoms with Gasteiger partial charge in [-0.3, -0.25) is 4.79 Å². The molecule has 1 N–H and O–H groups in total. The summed E-state index contributed by atoms with van der Waals surface area (Å²) in [6.07, 6.45) is 0. The summed E-state index contributed by atoms with van der Waals surface area (Å²) in [6, 6.07) is 17.5. The first-order chi connectivity index (χ1) is 15.8. The van der Waals surface area contributed by atoms with Gasteiger partial charge >= 0.3 is 0 Å². The van der Waals surface area contributed by atoms with Crippen LogP contribution < -0.4 is 5.32 Å². The highest BCUT2D eigenvalue weighted by Crippen LogP contribution is 2.29. The van der Waals surface area contributed by atoms with Crippen LogP contribution >= 0.6 is 0 Å². The lowest BCUT2D eigenvalue weighted by atomic mass is 10.1. The van der Waals surface area contributed by atoms with Crippen molar-refractivity contribution in [1.82, 2.24) is 4.98 Å². The fourth-order valence-electron chi connectivity index (χ4n) is 3.45. The molecule has 5 aromatic rings. The Morgan fingerprint density at radius 2 is 1.42 bits per heavy atom. The van der Waals surface area contributed by atoms with E-state index >= 15 is 0 Å². The van der Waals surface area contributed by atoms with E-state index in [1.165, 1.54) is 18.2 Å². The van der Waals surface area contributed by atoms with Gasteiger partial charge in [0, 0.05) is 11.3 Å². The van der Waals surface area contributed by atoms with Crippen molar-refractivity contribution in [3.63, 3.8) is 0 Å². The molecular formula is C24H11F5N2O2. The second kappa shape index (κ2) is 7.70. The van der Waals surface area contributed by atoms with E-state index in [1.807, 2.05) is 42.5 Å². The summed E-state index contributed by atoms with van der Waals surface area (Å²) in [7, 11) is 0. The number of halogens is 5. The van der Waals surface area contributed by atoms with Crippen LogP contribution in [0.25, 0.3) is 33.3 Å². The second-order valence-corrected chi connectivity index (χ2v) is 7.16. The zero-order chi connectivity index (χ0) is 23.3. The van der Waals surface area contributed by atoms with Gasteiger partial charge in [-0.2, -0.15) is 0 Å². The van der Waals surface area contributed by atoms with E-state index in [2.05, 4.69) is 10.3 Å². The number of fused-ring (bicyclic) bond motifs is 2. The molecular weight excluding hydrogens is 443 g/mol. The number of anilines is 1. The Hall–Kier alpha value is -4.27. The number of carbonyl (C=O) groups excluding carboxylic acids is 1. The van der Waals surface area contributed by atoms with Crippen molar-refractivity contribution in [3.8, 4) is 11.5 Å². The summed E-state index contributed by atoms with van der Waals surface area (Å²) in [5, 5.41) is 4.14. The van der Waals surface area contributed by atoms with E-state index in [4.69, 9.17) is 4.42 Å². The molecule has 164 valence electrons. The number of benzene rings is 4. The zero-order valence-electron chi connectivity index (χ0n) is 16.4. The van der Waals surface area contributed by atoms with Crippen molar-refractivity contribution >= 4 is 33.5 Å². The summed E-state index contributed by atoms with van der Waals surface area (Å²) in [5.74, 6) is -12.4. The minimum Gasteiger partial charge on any atom is -0.436 e. The van der Waals surface area contributed by atoms with Crippen LogP contribution in [0, 0.1) is 29.1 Å². The molecule has 0 spiro atoms. The molecule has 0 saturated carbocycles. The van der Waals surface area contributed by atoms with E-state index in [0.29, 0.717) is 22.6 Å². The van der Waals surface area contributed by atoms with E-state index < -0.39 is 40.6 Å². The van der Waals surface area contributed by atoms with Crippen molar-refractivity contribution in [1.29, 1.82) is 0 Å². The van der Waals surface area contributed by atoms with Crippen molar-refractivity contribution in [2.24, 2.45) is 0 Å². The molecule has 0 saturated heterocycles. The summed E-state index contributed by atoms with van der Waals surface area (Å²) >= 11 is 0. The van der Waals surface area contributed by atoms with Crippen molar-refractivity contribution in [2.45, 2.75) is 0 Å². The van der Waals surface area contributed by atoms with E-state index in [0.717, 1.165) is 10.8 Å². The molecule has 9 heteroatoms. The fraction of sp³-hybridized carbons (Fsp3) is 0. The molecule has 0 radical (unpaired) electrons. The van der Waals surface area contributed by atoms with Crippen LogP contribution in [0.3, 0.4) is 0 Å². The predicted molar refractivity (Wildman–Crippen MR) is 111 cm³/mol. The number of hydrogen-bond donors (Lipinski definition) is 1. The average molecular weight is 454 g/mol. The molecule has 5 rings (SSSR count). The van der Waals surface area contributed by atoms with Crippen LogP contribution in [-0.2, 0) is 0 Å². The van der Waals surface area contributed by atoms with Crippen LogP contribution in [0.1, 0.15) is 10.4 Å². The van der Waals surface area contributed by atoms with E-state index in [9.17, 15) is 26.7 Å². The Balaban J connectivity index is 1.48. The maximum Gasteiger partial charge on any atom is 0.261 e. The van der Waals surface area contributed by atoms with Gasteiger partial charge in [0.1, 0.15) is 11.1 Å². The summed E-state index contributed by atoms with van der Waals surface area (Å²) in [5.41, 5.74) is -0.170. The Morgan fingerprint density at radius 3 is 2.15 bits per heavy atom. The lowest BCUT2D eigenvalue weighted by molar-refractivity contribution is 0.101. The van der Waals surface area contributed by atoms with Crippen molar-refractivity contribution in [2.75, 3.05) is 5.32 Å². The number of nitrogens with zero attached hydrogens (tertiary/aromatic N) is 1. The highest BCUT2D eigenvalue weighted by Gasteiger charge is 2.29. The van der Waals surface area contributed by atoms with Crippen molar-refractivity contribution < 1.29 is 31.2 Å². The Labute approximate surface area is 182 Å². The van der Waals surface area contributed by atoms with Gasteiger partial charge in [-0.25, -0.2) is 26.9 Å². The van der Waals surface area contributed by atoms with Gasteiger partial charge in [0.15, 0.2) is 28.9 Å². The molecule has 0 aliphatic rings. The van der Waals surface area contributed by atoms with Gasteiger partial charge in [0.25, 0.3) is 5.91 Å². The van der Waals surface area contributed by atoms with E-state index in [1.54, 1.807) is 0 Å². The molecule has 4 nitrogen and oxygen atoms in total. The largest absolute Gasteiger partial charge is 0.436 e. The maximum atomic E-state index is 13.9. The Kier molecular flexibility index (Phi) is 4.81. The van der Waals surface area contributed by atoms with Crippen LogP contribution in [0.2, 0.25) is 0 Å². The molecule has 0 aliphatic heterocycles. The van der Waals surface area contributed by atoms with Gasteiger partial charge in [0.05, 0.1) is 0 Å². The number of carbonyl (C=O) groups is 1. The van der Waals surface area contributed by atoms with Gasteiger partial charge in [-0.05, 0) is 41.1 Å². The lowest BCUT2D eigenvalue weighted by Crippen LogP contribution is -2.19. The highest BCUT2D eigenvalue weighted by molar-refractivity contribution is 6.05. The normalized spacial score (nSPS) is 11.3. The molecule has 0 fully saturated rings. The third-order valence-electron chi connectivity index (χ3n) is 5.08. The molecule has 1 heterocycles. The van der Waals surface area contributed by atoms with Crippen LogP contribution in [0.5, 0.6) is 0 Å². The third-order valence-corrected chi connectivity index (χ3v) is 5.08. The van der Waals surface area contributed by atoms with Gasteiger partial charge < -0.3 is 9.73 Å². The number of amides is 1. The number of hydrogen-bond acceptors (Lipinski definition) is 3. The predicted octanol–water partition coefficient (Wildman–Crippen LogP) is 6.60. The number of aromatic nitrogens is 1. The minimum absolute atomic E-state index is 0.0230. The van der Waals surface area contributed by atoms with Gasteiger partial charge in [-0.1, -0.05) is 30.3 Å². The second-order valence-electron chi connectivity index (χ2n) is 7.16. The topological polar surface area (TPSA) is 55.1 Å². The highest BCUT2D eigenvalue weighted by atomic mass is 19.2. The Morgan fingerprint density at radius 1 is 0.758 bits per heavy atom. The molecule has 4 aromatic carbocycles. The maximum absolute atomic E-state index is 13.9. The molecule has 1 amide bonds. The molecule has 0 bridgehead atoms. The zero-order valence-corrected chi connectivity index (χ0v) is 16.4. The first-order valence-electron chi connectivity index (χ1n) is 9.56. The molecule has 0 atom stereocenters. The van der Waals surface area contributed by atoms with Gasteiger partial charge in [0.2, 0.25) is 11.7 Å². The quantitative estimate of drug-likeness (QED) is 0.190. The van der Waals surface area contributed by atoms with E-state index in [-0.39, 0.29) is 5.69 Å².